The van der Waals surface area contributed by atoms with Crippen LogP contribution in [0.3, 0.4) is 0 Å². The number of amides is 1. The molecular formula is C29H30N4OS. The fourth-order valence-electron chi connectivity index (χ4n) is 5.24. The number of piperidine rings is 1. The molecule has 6 rings (SSSR count). The summed E-state index contributed by atoms with van der Waals surface area (Å²) in [6.07, 6.45) is 3.15. The van der Waals surface area contributed by atoms with Crippen LogP contribution in [0.2, 0.25) is 0 Å². The molecule has 1 N–H and O–H groups in total. The molecule has 6 heteroatoms. The average Bonchev–Trinajstić information content (AvgIpc) is 3.35. The van der Waals surface area contributed by atoms with Crippen molar-refractivity contribution in [1.82, 2.24) is 15.2 Å². The van der Waals surface area contributed by atoms with Gasteiger partial charge in [-0.15, -0.1) is 11.3 Å². The molecule has 35 heavy (non-hydrogen) atoms. The van der Waals surface area contributed by atoms with E-state index in [0.29, 0.717) is 12.6 Å². The number of thiazole rings is 1. The van der Waals surface area contributed by atoms with Crippen molar-refractivity contribution in [3.8, 4) is 0 Å². The lowest BCUT2D eigenvalue weighted by atomic mass is 9.99. The predicted octanol–water partition coefficient (Wildman–Crippen LogP) is 5.25. The number of benzene rings is 3. The van der Waals surface area contributed by atoms with Gasteiger partial charge in [-0.25, -0.2) is 4.98 Å². The highest BCUT2D eigenvalue weighted by Gasteiger charge is 2.23. The van der Waals surface area contributed by atoms with Crippen molar-refractivity contribution in [2.24, 2.45) is 0 Å². The number of hydrogen-bond donors (Lipinski definition) is 1. The van der Waals surface area contributed by atoms with Gasteiger partial charge in [0.15, 0.2) is 0 Å². The van der Waals surface area contributed by atoms with E-state index in [0.717, 1.165) is 61.5 Å². The van der Waals surface area contributed by atoms with Gasteiger partial charge in [0, 0.05) is 50.0 Å². The average molecular weight is 483 g/mol. The molecule has 1 aromatic heterocycles. The summed E-state index contributed by atoms with van der Waals surface area (Å²) in [5, 5.41) is 4.87. The normalized spacial score (nSPS) is 16.5. The first kappa shape index (κ1) is 22.3. The van der Waals surface area contributed by atoms with Gasteiger partial charge in [-0.3, -0.25) is 4.79 Å². The van der Waals surface area contributed by atoms with Gasteiger partial charge in [-0.1, -0.05) is 36.4 Å². The highest BCUT2D eigenvalue weighted by atomic mass is 32.1. The molecule has 0 aliphatic carbocycles. The molecule has 178 valence electrons. The van der Waals surface area contributed by atoms with Crippen LogP contribution in [0.1, 0.15) is 39.3 Å². The van der Waals surface area contributed by atoms with Crippen molar-refractivity contribution in [1.29, 1.82) is 0 Å². The molecule has 1 amide bonds. The summed E-state index contributed by atoms with van der Waals surface area (Å²) in [6, 6.07) is 25.5. The van der Waals surface area contributed by atoms with E-state index in [1.165, 1.54) is 21.5 Å². The van der Waals surface area contributed by atoms with Crippen molar-refractivity contribution in [3.05, 3.63) is 94.5 Å². The largest absolute Gasteiger partial charge is 0.371 e. The lowest BCUT2D eigenvalue weighted by Gasteiger charge is -2.34. The molecule has 1 saturated heterocycles. The summed E-state index contributed by atoms with van der Waals surface area (Å²) in [5.74, 6) is 0.129. The van der Waals surface area contributed by atoms with Crippen LogP contribution < -0.4 is 10.2 Å². The Labute approximate surface area is 210 Å². The Hall–Kier alpha value is -3.22. The topological polar surface area (TPSA) is 48.5 Å². The molecule has 2 aliphatic heterocycles. The molecule has 0 atom stereocenters. The van der Waals surface area contributed by atoms with Gasteiger partial charge in [0.05, 0.1) is 10.2 Å². The number of para-hydroxylation sites is 1. The fourth-order valence-corrected chi connectivity index (χ4v) is 6.15. The van der Waals surface area contributed by atoms with E-state index in [1.807, 2.05) is 23.1 Å². The summed E-state index contributed by atoms with van der Waals surface area (Å²) in [7, 11) is 0. The zero-order valence-electron chi connectivity index (χ0n) is 19.8. The van der Waals surface area contributed by atoms with Crippen LogP contribution in [0.25, 0.3) is 10.2 Å². The molecule has 0 bridgehead atoms. The molecule has 2 aliphatic rings. The third-order valence-electron chi connectivity index (χ3n) is 7.27. The second-order valence-electron chi connectivity index (χ2n) is 9.51. The monoisotopic (exact) mass is 482 g/mol. The lowest BCUT2D eigenvalue weighted by Crippen LogP contribution is -2.42. The van der Waals surface area contributed by atoms with Gasteiger partial charge in [0.25, 0.3) is 5.91 Å². The van der Waals surface area contributed by atoms with E-state index in [4.69, 9.17) is 4.98 Å². The summed E-state index contributed by atoms with van der Waals surface area (Å²) < 4.78 is 1.26. The molecule has 5 nitrogen and oxygen atoms in total. The number of nitrogens with one attached hydrogen (secondary N) is 1. The Morgan fingerprint density at radius 2 is 1.66 bits per heavy atom. The number of fused-ring (bicyclic) bond motifs is 2. The van der Waals surface area contributed by atoms with E-state index in [9.17, 15) is 4.79 Å². The highest BCUT2D eigenvalue weighted by molar-refractivity contribution is 7.18. The molecule has 1 fully saturated rings. The molecular weight excluding hydrogens is 452 g/mol. The molecule has 0 radical (unpaired) electrons. The first-order valence-corrected chi connectivity index (χ1v) is 13.3. The second-order valence-corrected chi connectivity index (χ2v) is 10.6. The smallest absolute Gasteiger partial charge is 0.254 e. The Balaban J connectivity index is 1.01. The van der Waals surface area contributed by atoms with Gasteiger partial charge in [-0.2, -0.15) is 0 Å². The van der Waals surface area contributed by atoms with Crippen molar-refractivity contribution < 1.29 is 4.79 Å². The number of hydrogen-bond acceptors (Lipinski definition) is 5. The summed E-state index contributed by atoms with van der Waals surface area (Å²) in [4.78, 5) is 22.2. The van der Waals surface area contributed by atoms with E-state index < -0.39 is 0 Å². The van der Waals surface area contributed by atoms with Gasteiger partial charge in [-0.05, 0) is 66.8 Å². The minimum absolute atomic E-state index is 0.129. The maximum Gasteiger partial charge on any atom is 0.254 e. The Kier molecular flexibility index (Phi) is 6.23. The Morgan fingerprint density at radius 1 is 0.914 bits per heavy atom. The van der Waals surface area contributed by atoms with Crippen molar-refractivity contribution in [3.63, 3.8) is 0 Å². The number of rotatable bonds is 5. The van der Waals surface area contributed by atoms with E-state index in [2.05, 4.69) is 64.8 Å². The van der Waals surface area contributed by atoms with Crippen LogP contribution in [0.15, 0.2) is 72.8 Å². The molecule has 3 heterocycles. The molecule has 3 aromatic carbocycles. The van der Waals surface area contributed by atoms with E-state index in [-0.39, 0.29) is 5.91 Å². The Morgan fingerprint density at radius 3 is 2.46 bits per heavy atom. The minimum atomic E-state index is 0.129. The highest BCUT2D eigenvalue weighted by Crippen LogP contribution is 2.25. The third kappa shape index (κ3) is 4.81. The van der Waals surface area contributed by atoms with Crippen LogP contribution in [0.5, 0.6) is 0 Å². The zero-order chi connectivity index (χ0) is 23.6. The third-order valence-corrected chi connectivity index (χ3v) is 8.31. The van der Waals surface area contributed by atoms with Crippen LogP contribution in [0.4, 0.5) is 5.69 Å². The van der Waals surface area contributed by atoms with Crippen LogP contribution in [-0.2, 0) is 19.5 Å². The van der Waals surface area contributed by atoms with Crippen LogP contribution >= 0.6 is 11.3 Å². The minimum Gasteiger partial charge on any atom is -0.371 e. The van der Waals surface area contributed by atoms with Gasteiger partial charge in [0.1, 0.15) is 5.01 Å². The Bertz CT molecular complexity index is 1290. The number of anilines is 1. The van der Waals surface area contributed by atoms with Gasteiger partial charge < -0.3 is 15.1 Å². The van der Waals surface area contributed by atoms with Crippen LogP contribution in [0, 0.1) is 0 Å². The first-order valence-electron chi connectivity index (χ1n) is 12.5. The summed E-state index contributed by atoms with van der Waals surface area (Å²) >= 11 is 1.78. The standard InChI is InChI=1S/C29H30N4OS/c34-29(33-16-13-21-5-1-2-6-23(21)20-33)22-9-11-25(12-10-22)32-17-14-24(15-18-32)30-19-28-31-26-7-3-4-8-27(26)35-28/h1-12,24,30H,13-20H2. The molecule has 0 unspecified atom stereocenters. The second kappa shape index (κ2) is 9.80. The number of nitrogens with zero attached hydrogens (tertiary/aromatic N) is 3. The SMILES string of the molecule is O=C(c1ccc(N2CCC(NCc3nc4ccccc4s3)CC2)cc1)N1CCc2ccccc2C1. The van der Waals surface area contributed by atoms with E-state index in [1.54, 1.807) is 11.3 Å². The van der Waals surface area contributed by atoms with Crippen molar-refractivity contribution in [2.75, 3.05) is 24.5 Å². The van der Waals surface area contributed by atoms with Gasteiger partial charge in [0.2, 0.25) is 0 Å². The maximum absolute atomic E-state index is 13.1. The molecule has 0 saturated carbocycles. The molecule has 4 aromatic rings. The maximum atomic E-state index is 13.1. The zero-order valence-corrected chi connectivity index (χ0v) is 20.6. The van der Waals surface area contributed by atoms with E-state index >= 15 is 0 Å². The number of carbonyl (C=O) groups excluding carboxylic acids is 1. The van der Waals surface area contributed by atoms with Crippen LogP contribution in [-0.4, -0.2) is 41.5 Å². The van der Waals surface area contributed by atoms with Crippen molar-refractivity contribution in [2.45, 2.75) is 38.4 Å². The first-order chi connectivity index (χ1) is 17.2. The number of aromatic nitrogens is 1. The quantitative estimate of drug-likeness (QED) is 0.422. The molecule has 0 spiro atoms. The predicted molar refractivity (Wildman–Crippen MR) is 143 cm³/mol. The van der Waals surface area contributed by atoms with Gasteiger partial charge >= 0.3 is 0 Å². The fraction of sp³-hybridized carbons (Fsp3) is 0.310. The summed E-state index contributed by atoms with van der Waals surface area (Å²) in [5.41, 5.74) is 5.71. The van der Waals surface area contributed by atoms with Crippen molar-refractivity contribution >= 4 is 33.1 Å². The number of carbonyl (C=O) groups is 1. The lowest BCUT2D eigenvalue weighted by molar-refractivity contribution is 0.0734. The summed E-state index contributed by atoms with van der Waals surface area (Å²) in [6.45, 7) is 4.37.